The van der Waals surface area contributed by atoms with E-state index in [1.54, 1.807) is 0 Å². The van der Waals surface area contributed by atoms with E-state index in [1.165, 1.54) is 20.8 Å². The molecule has 9 nitrogen and oxygen atoms in total. The second-order valence-corrected chi connectivity index (χ2v) is 37.1. The van der Waals surface area contributed by atoms with Gasteiger partial charge in [0.15, 0.2) is 5.65 Å². The molecule has 0 aliphatic rings. The predicted octanol–water partition coefficient (Wildman–Crippen LogP) is 16.3. The summed E-state index contributed by atoms with van der Waals surface area (Å²) in [5, 5.41) is 23.4. The Hall–Kier alpha value is -6.21. The van der Waals surface area contributed by atoms with Crippen LogP contribution in [-0.2, 0) is 24.2 Å². The van der Waals surface area contributed by atoms with Gasteiger partial charge in [-0.3, -0.25) is 4.68 Å². The lowest BCUT2D eigenvalue weighted by atomic mass is 9.77. The molecule has 0 radical (unpaired) electrons. The Bertz CT molecular complexity index is 3550. The van der Waals surface area contributed by atoms with Gasteiger partial charge in [-0.2, -0.15) is 5.10 Å². The van der Waals surface area contributed by atoms with Crippen LogP contribution < -0.4 is 14.8 Å². The summed E-state index contributed by atoms with van der Waals surface area (Å²) in [6.45, 7) is 1.77. The molecule has 380 valence electrons. The lowest BCUT2D eigenvalue weighted by molar-refractivity contribution is 0.457. The summed E-state index contributed by atoms with van der Waals surface area (Å²) in [7, 11) is 0. The van der Waals surface area contributed by atoms with E-state index >= 15 is 0 Å². The highest BCUT2D eigenvalue weighted by molar-refractivity contribution is 14.3. The minimum Gasteiger partial charge on any atom is -0.420 e. The minimum atomic E-state index is -1.02. The van der Waals surface area contributed by atoms with Crippen molar-refractivity contribution in [3.8, 4) is 5.75 Å². The van der Waals surface area contributed by atoms with Crippen LogP contribution >= 0.6 is 80.7 Å². The average Bonchev–Trinajstić information content (AvgIpc) is 4.15. The molecule has 0 amide bonds. The number of hydrogen-bond donors (Lipinski definition) is 2. The number of anilines is 1. The first kappa shape index (κ1) is 52.8. The number of halogens is 3. The van der Waals surface area contributed by atoms with E-state index in [0.717, 1.165) is 61.4 Å². The molecule has 3 heterocycles. The Morgan fingerprint density at radius 2 is 1.14 bits per heavy atom. The maximum atomic E-state index is 6.08. The van der Waals surface area contributed by atoms with Crippen LogP contribution in [0.2, 0.25) is 0 Å². The van der Waals surface area contributed by atoms with Crippen molar-refractivity contribution in [2.75, 3.05) is 11.9 Å². The van der Waals surface area contributed by atoms with Gasteiger partial charge in [-0.15, -0.1) is 5.10 Å². The number of nitrogens with zero attached hydrogens (tertiary/aromatic N) is 6. The van der Waals surface area contributed by atoms with Gasteiger partial charge in [0.05, 0.1) is 12.7 Å². The Balaban J connectivity index is 1.16. The lowest BCUT2D eigenvalue weighted by Crippen LogP contribution is -2.39. The molecule has 0 fully saturated rings. The van der Waals surface area contributed by atoms with Crippen molar-refractivity contribution in [1.29, 1.82) is 0 Å². The van der Waals surface area contributed by atoms with Gasteiger partial charge in [-0.25, -0.2) is 9.67 Å². The summed E-state index contributed by atoms with van der Waals surface area (Å²) >= 11 is 8.68. The van der Waals surface area contributed by atoms with Crippen LogP contribution in [-0.4, -0.2) is 36.3 Å². The van der Waals surface area contributed by atoms with Crippen LogP contribution in [0.1, 0.15) is 55.6 Å². The molecule has 0 spiro atoms. The number of fused-ring (bicyclic) bond motifs is 1. The van der Waals surface area contributed by atoms with Crippen molar-refractivity contribution in [1.82, 2.24) is 35.1 Å². The summed E-state index contributed by atoms with van der Waals surface area (Å²) in [6.07, 6.45) is 6.33. The molecule has 2 N–H and O–H groups in total. The summed E-state index contributed by atoms with van der Waals surface area (Å²) in [6, 6.07) is 82.6. The van der Waals surface area contributed by atoms with E-state index in [4.69, 9.17) is 24.6 Å². The highest BCUT2D eigenvalue weighted by Gasteiger charge is 2.43. The fraction of sp³-hybridized carbons (Fsp3) is 0.0794. The second-order valence-electron chi connectivity index (χ2n) is 18.3. The molecule has 3 aromatic heterocycles. The number of benzene rings is 8. The number of hydrogen-bond acceptors (Lipinski definition) is 8. The molecule has 0 atom stereocenters. The molecule has 77 heavy (non-hydrogen) atoms. The van der Waals surface area contributed by atoms with Crippen LogP contribution in [0.5, 0.6) is 5.75 Å². The lowest BCUT2D eigenvalue weighted by Gasteiger charge is -2.38. The van der Waals surface area contributed by atoms with Crippen LogP contribution in [0, 0.1) is 3.57 Å². The smallest absolute Gasteiger partial charge is 0.182 e. The maximum absolute atomic E-state index is 6.08. The molecule has 0 aliphatic heterocycles. The van der Waals surface area contributed by atoms with E-state index in [-0.39, 0.29) is 2.41 Å². The molecule has 0 saturated heterocycles. The van der Waals surface area contributed by atoms with Crippen LogP contribution in [0.15, 0.2) is 255 Å². The maximum Gasteiger partial charge on any atom is 0.182 e. The van der Waals surface area contributed by atoms with E-state index in [9.17, 15) is 0 Å². The summed E-state index contributed by atoms with van der Waals surface area (Å²) in [4.78, 5) is 5.76. The molecule has 8 aromatic carbocycles. The third-order valence-corrected chi connectivity index (χ3v) is 18.1. The number of nitrogens with one attached hydrogen (secondary N) is 2. The largest absolute Gasteiger partial charge is 0.420 e. The average molecular weight is 1380 g/mol. The molecule has 0 saturated carbocycles. The fourth-order valence-electron chi connectivity index (χ4n) is 10.2. The van der Waals surface area contributed by atoms with E-state index in [1.807, 2.05) is 27.7 Å². The molecule has 0 bridgehead atoms. The third-order valence-electron chi connectivity index (χ3n) is 13.6. The normalized spacial score (nSPS) is 12.0. The Kier molecular flexibility index (Phi) is 16.9. The van der Waals surface area contributed by atoms with Gasteiger partial charge in [-0.1, -0.05) is 218 Å². The van der Waals surface area contributed by atoms with Crippen LogP contribution in [0.4, 0.5) is 5.82 Å². The van der Waals surface area contributed by atoms with Gasteiger partial charge in [0.1, 0.15) is 42.2 Å². The Labute approximate surface area is 493 Å². The van der Waals surface area contributed by atoms with Crippen molar-refractivity contribution >= 4 is 103 Å². The molecular weight excluding hydrogens is 1330 g/mol. The van der Waals surface area contributed by atoms with E-state index in [0.29, 0.717) is 36.6 Å². The summed E-state index contributed by atoms with van der Waals surface area (Å²) < 4.78 is 11.0. The zero-order chi connectivity index (χ0) is 52.4. The van der Waals surface area contributed by atoms with Crippen molar-refractivity contribution in [2.24, 2.45) is 0 Å². The topological polar surface area (TPSA) is 94.7 Å². The molecule has 11 rings (SSSR count). The second kappa shape index (κ2) is 24.6. The third kappa shape index (κ3) is 11.5. The highest BCUT2D eigenvalue weighted by atomic mass is 127. The van der Waals surface area contributed by atoms with Gasteiger partial charge < -0.3 is 14.8 Å². The molecule has 11 aromatic rings. The van der Waals surface area contributed by atoms with Crippen LogP contribution in [0.25, 0.3) is 16.7 Å². The first-order valence-corrected chi connectivity index (χ1v) is 34.3. The molecule has 14 heteroatoms. The standard InChI is InChI=1S/C63H50I3N8OPS/c64-55-35-19-21-46(39-55)42-67-38-37-57(48-43-68-73(45-48)44-47-22-20-36-56(40-47)75-77-76(65)66)58-41-59(70-62(49-23-7-1-8-24-49,50-25-9-2-10-26-50)51-27-11-3-12-28-51)69-61-60(58)71-72-74(61)63(52-29-13-4-14-30-52,53-31-15-5-16-32-53)54-33-17-6-18-34-54/h1-37,39-41,43,45,67H,38,42,44H2,(H,69,70)/b57-37+. The SMILES string of the molecule is Ic1cccc(CNC/C=C(\c2cnn(Cc3cccc(OSP(I)I)c3)c2)c2cc(NC(c3ccccc3)(c3ccccc3)c3ccccc3)nc3c2nnn3C(c2ccccc2)(c2ccccc2)c2ccccc2)c1. The monoisotopic (exact) mass is 1380 g/mol. The fourth-order valence-corrected chi connectivity index (χ4v) is 13.0. The molecule has 0 unspecified atom stereocenters. The van der Waals surface area contributed by atoms with Gasteiger partial charge in [0, 0.05) is 34.0 Å². The van der Waals surface area contributed by atoms with Crippen molar-refractivity contribution in [3.63, 3.8) is 0 Å². The van der Waals surface area contributed by atoms with Crippen molar-refractivity contribution in [3.05, 3.63) is 314 Å². The van der Waals surface area contributed by atoms with Gasteiger partial charge in [0.25, 0.3) is 0 Å². The van der Waals surface area contributed by atoms with E-state index < -0.39 is 11.1 Å². The number of rotatable bonds is 20. The predicted molar refractivity (Wildman–Crippen MR) is 342 cm³/mol. The number of pyridine rings is 1. The van der Waals surface area contributed by atoms with Crippen LogP contribution in [0.3, 0.4) is 0 Å². The van der Waals surface area contributed by atoms with Crippen molar-refractivity contribution < 1.29 is 4.18 Å². The van der Waals surface area contributed by atoms with E-state index in [2.05, 4.69) is 314 Å². The van der Waals surface area contributed by atoms with Gasteiger partial charge in [-0.05, 0) is 147 Å². The summed E-state index contributed by atoms with van der Waals surface area (Å²) in [5.41, 5.74) is 10.4. The highest BCUT2D eigenvalue weighted by Crippen LogP contribution is 2.64. The zero-order valence-electron chi connectivity index (χ0n) is 41.5. The Morgan fingerprint density at radius 3 is 1.69 bits per heavy atom. The zero-order valence-corrected chi connectivity index (χ0v) is 49.6. The Morgan fingerprint density at radius 1 is 0.610 bits per heavy atom. The first-order chi connectivity index (χ1) is 37.9. The quantitative estimate of drug-likeness (QED) is 0.0256. The molecule has 0 aliphatic carbocycles. The number of aromatic nitrogens is 6. The molecular formula is C63H50I3N8OPS. The summed E-state index contributed by atoms with van der Waals surface area (Å²) in [5.74, 6) is 1.44. The van der Waals surface area contributed by atoms with Gasteiger partial charge in [0.2, 0.25) is 0 Å². The minimum absolute atomic E-state index is 0.345. The first-order valence-electron chi connectivity index (χ1n) is 25.0. The van der Waals surface area contributed by atoms with Gasteiger partial charge >= 0.3 is 0 Å². The van der Waals surface area contributed by atoms with Crippen molar-refractivity contribution in [2.45, 2.75) is 24.2 Å².